The maximum absolute atomic E-state index is 13.6. The second-order valence-corrected chi connectivity index (χ2v) is 14.2. The summed E-state index contributed by atoms with van der Waals surface area (Å²) in [4.78, 5) is 59.6. The molecule has 5 rings (SSSR count). The van der Waals surface area contributed by atoms with Crippen molar-refractivity contribution in [2.75, 3.05) is 37.9 Å². The number of nitrogens with two attached hydrogens (primary N) is 1. The molecular weight excluding hydrogens is 694 g/mol. The molecule has 3 N–H and O–H groups in total. The Hall–Kier alpha value is -3.13. The number of carbonyl (C=O) groups excluding carboxylic acids is 4. The normalized spacial score (nSPS) is 20.2. The molecule has 2 aromatic rings. The molecule has 47 heavy (non-hydrogen) atoms. The number of amides is 2. The Morgan fingerprint density at radius 1 is 1.21 bits per heavy atom. The number of rotatable bonds is 13. The molecule has 3 aliphatic rings. The summed E-state index contributed by atoms with van der Waals surface area (Å²) in [6.45, 7) is 2.70. The first-order valence-corrected chi connectivity index (χ1v) is 17.8. The van der Waals surface area contributed by atoms with E-state index in [-0.39, 0.29) is 42.3 Å². The number of ether oxygens (including phenoxy) is 3. The molecule has 0 bridgehead atoms. The maximum Gasteiger partial charge on any atom is 0.511 e. The molecule has 4 heterocycles. The number of nitrogens with zero attached hydrogens (tertiary/aromatic N) is 7. The third kappa shape index (κ3) is 9.49. The topological polar surface area (TPSA) is 197 Å². The van der Waals surface area contributed by atoms with Gasteiger partial charge in [-0.15, -0.1) is 40.6 Å². The van der Waals surface area contributed by atoms with Crippen LogP contribution in [0.4, 0.5) is 9.93 Å². The lowest BCUT2D eigenvalue weighted by Crippen LogP contribution is -2.70. The largest absolute Gasteiger partial charge is 0.511 e. The van der Waals surface area contributed by atoms with Crippen LogP contribution < -0.4 is 11.1 Å². The van der Waals surface area contributed by atoms with Gasteiger partial charge in [0.15, 0.2) is 5.13 Å². The fourth-order valence-electron chi connectivity index (χ4n) is 5.18. The van der Waals surface area contributed by atoms with Crippen molar-refractivity contribution in [1.82, 2.24) is 40.3 Å². The molecule has 2 aliphatic heterocycles. The summed E-state index contributed by atoms with van der Waals surface area (Å²) in [5.74, 6) is -1.01. The number of nitrogens with one attached hydrogen (secondary N) is 1. The molecule has 1 saturated heterocycles. The predicted molar refractivity (Wildman–Crippen MR) is 177 cm³/mol. The van der Waals surface area contributed by atoms with Gasteiger partial charge in [0, 0.05) is 30.4 Å². The molecule has 1 unspecified atom stereocenters. The van der Waals surface area contributed by atoms with Crippen LogP contribution >= 0.6 is 47.3 Å². The van der Waals surface area contributed by atoms with E-state index < -0.39 is 35.7 Å². The Morgan fingerprint density at radius 2 is 1.98 bits per heavy atom. The number of esters is 1. The average Bonchev–Trinajstić information content (AvgIpc) is 3.65. The number of thioether (sulfide) groups is 2. The third-order valence-electron chi connectivity index (χ3n) is 7.45. The highest BCUT2D eigenvalue weighted by Crippen LogP contribution is 2.42. The minimum atomic E-state index is -1.27. The number of tetrazole rings is 1. The van der Waals surface area contributed by atoms with Crippen LogP contribution in [-0.2, 0) is 41.6 Å². The van der Waals surface area contributed by atoms with Crippen LogP contribution in [0.2, 0.25) is 0 Å². The van der Waals surface area contributed by atoms with Crippen LogP contribution in [0, 0.1) is 0 Å². The van der Waals surface area contributed by atoms with E-state index in [0.717, 1.165) is 38.6 Å². The molecule has 2 aromatic heterocycles. The van der Waals surface area contributed by atoms with Gasteiger partial charge in [-0.2, -0.15) is 0 Å². The van der Waals surface area contributed by atoms with E-state index >= 15 is 0 Å². The van der Waals surface area contributed by atoms with Crippen molar-refractivity contribution in [3.8, 4) is 0 Å². The second kappa shape index (κ2) is 16.8. The first-order valence-electron chi connectivity index (χ1n) is 14.9. The Kier molecular flexibility index (Phi) is 13.1. The minimum Gasteiger partial charge on any atom is -0.431 e. The van der Waals surface area contributed by atoms with Gasteiger partial charge in [0.25, 0.3) is 5.91 Å². The van der Waals surface area contributed by atoms with Gasteiger partial charge in [-0.25, -0.2) is 19.3 Å². The fourth-order valence-corrected chi connectivity index (χ4v) is 8.13. The Bertz CT molecular complexity index is 1470. The molecule has 258 valence electrons. The van der Waals surface area contributed by atoms with E-state index in [1.807, 2.05) is 19.0 Å². The molecule has 2 amide bonds. The van der Waals surface area contributed by atoms with Gasteiger partial charge < -0.3 is 30.2 Å². The van der Waals surface area contributed by atoms with Crippen molar-refractivity contribution in [2.24, 2.45) is 0 Å². The summed E-state index contributed by atoms with van der Waals surface area (Å²) >= 11 is 3.97. The van der Waals surface area contributed by atoms with Gasteiger partial charge >= 0.3 is 12.1 Å². The summed E-state index contributed by atoms with van der Waals surface area (Å²) in [6, 6.07) is -0.844. The fraction of sp³-hybridized carbons (Fsp3) is 0.630. The zero-order valence-corrected chi connectivity index (χ0v) is 29.4. The standard InChI is InChI=1S/C27H37N9O7S3.ClH/c1-15(42-27(40)43-18-7-5-4-6-8-18)41-24(39)21-16(13-46-26-31-32-33-35(26)10-9-34(2)3)12-44-23-20(22(38)36(21)23)30-19(37)11-17-14-45-25(28)29-17;/h14-15,18,20,23H,4-13H2,1-3H3,(H2,28,29)(H,30,37);1H/t15?,20-,23+;/m1./s1. The monoisotopic (exact) mass is 731 g/mol. The molecule has 0 radical (unpaired) electrons. The van der Waals surface area contributed by atoms with E-state index in [9.17, 15) is 19.2 Å². The lowest BCUT2D eigenvalue weighted by molar-refractivity contribution is -0.170. The molecular formula is C27H38ClN9O7S3. The molecule has 20 heteroatoms. The Labute approximate surface area is 290 Å². The van der Waals surface area contributed by atoms with Crippen molar-refractivity contribution in [3.05, 3.63) is 22.3 Å². The highest BCUT2D eigenvalue weighted by Gasteiger charge is 2.54. The van der Waals surface area contributed by atoms with Crippen LogP contribution in [0.1, 0.15) is 44.7 Å². The number of carbonyl (C=O) groups is 4. The number of halogens is 1. The van der Waals surface area contributed by atoms with E-state index in [2.05, 4.69) is 25.8 Å². The van der Waals surface area contributed by atoms with Gasteiger partial charge in [-0.3, -0.25) is 14.5 Å². The first kappa shape index (κ1) is 36.7. The van der Waals surface area contributed by atoms with E-state index in [1.54, 1.807) is 10.1 Å². The third-order valence-corrected chi connectivity index (χ3v) is 10.6. The van der Waals surface area contributed by atoms with E-state index in [0.29, 0.717) is 33.9 Å². The lowest BCUT2D eigenvalue weighted by Gasteiger charge is -2.49. The van der Waals surface area contributed by atoms with Gasteiger partial charge in [-0.05, 0) is 55.8 Å². The van der Waals surface area contributed by atoms with Crippen molar-refractivity contribution >= 4 is 76.3 Å². The SMILES string of the molecule is CC(OC(=O)OC1CCCCC1)OC(=O)C1=C(CSc2nnnn2CCN(C)C)CS[C@H]2[C@H](NC(=O)Cc3csc(N)n3)C(=O)N12.Cl. The lowest BCUT2D eigenvalue weighted by atomic mass is 9.98. The van der Waals surface area contributed by atoms with Gasteiger partial charge in [-0.1, -0.05) is 18.2 Å². The van der Waals surface area contributed by atoms with E-state index in [4.69, 9.17) is 19.9 Å². The van der Waals surface area contributed by atoms with Crippen LogP contribution in [-0.4, -0.2) is 115 Å². The van der Waals surface area contributed by atoms with Crippen molar-refractivity contribution in [2.45, 2.75) is 81.0 Å². The van der Waals surface area contributed by atoms with Gasteiger partial charge in [0.2, 0.25) is 17.4 Å². The molecule has 0 aromatic carbocycles. The van der Waals surface area contributed by atoms with Crippen LogP contribution in [0.15, 0.2) is 21.8 Å². The van der Waals surface area contributed by atoms with Crippen LogP contribution in [0.5, 0.6) is 0 Å². The summed E-state index contributed by atoms with van der Waals surface area (Å²) in [6.07, 6.45) is 2.14. The highest BCUT2D eigenvalue weighted by molar-refractivity contribution is 8.01. The number of hydrogen-bond acceptors (Lipinski definition) is 16. The molecule has 2 fully saturated rings. The number of likely N-dealkylation sites (N-methyl/N-ethyl adjacent to an activating group) is 1. The molecule has 3 atom stereocenters. The summed E-state index contributed by atoms with van der Waals surface area (Å²) in [5.41, 5.74) is 6.83. The zero-order valence-electron chi connectivity index (χ0n) is 26.2. The zero-order chi connectivity index (χ0) is 32.8. The number of β-lactam (4-membered cyclic amide) rings is 1. The van der Waals surface area contributed by atoms with E-state index in [1.165, 1.54) is 46.7 Å². The average molecular weight is 732 g/mol. The molecule has 0 spiro atoms. The van der Waals surface area contributed by atoms with Crippen molar-refractivity contribution in [3.63, 3.8) is 0 Å². The predicted octanol–water partition coefficient (Wildman–Crippen LogP) is 2.06. The Morgan fingerprint density at radius 3 is 2.68 bits per heavy atom. The van der Waals surface area contributed by atoms with Crippen LogP contribution in [0.3, 0.4) is 0 Å². The summed E-state index contributed by atoms with van der Waals surface area (Å²) in [7, 11) is 3.90. The van der Waals surface area contributed by atoms with Crippen LogP contribution in [0.25, 0.3) is 0 Å². The quantitative estimate of drug-likeness (QED) is 0.131. The maximum atomic E-state index is 13.6. The van der Waals surface area contributed by atoms with Gasteiger partial charge in [0.05, 0.1) is 18.7 Å². The Balaban J connectivity index is 0.00000500. The summed E-state index contributed by atoms with van der Waals surface area (Å²) in [5, 5.41) is 16.8. The minimum absolute atomic E-state index is 0. The number of anilines is 1. The number of thiazole rings is 1. The van der Waals surface area contributed by atoms with Crippen molar-refractivity contribution < 1.29 is 33.4 Å². The summed E-state index contributed by atoms with van der Waals surface area (Å²) < 4.78 is 17.8. The number of nitrogen functional groups attached to an aromatic ring is 1. The number of hydrogen-bond donors (Lipinski definition) is 2. The van der Waals surface area contributed by atoms with Gasteiger partial charge in [0.1, 0.15) is 23.2 Å². The molecule has 16 nitrogen and oxygen atoms in total. The smallest absolute Gasteiger partial charge is 0.431 e. The highest BCUT2D eigenvalue weighted by atomic mass is 35.5. The first-order chi connectivity index (χ1) is 22.1. The number of fused-ring (bicyclic) bond motifs is 1. The second-order valence-electron chi connectivity index (χ2n) is 11.3. The number of aromatic nitrogens is 5. The van der Waals surface area contributed by atoms with Crippen molar-refractivity contribution in [1.29, 1.82) is 0 Å². The molecule has 1 saturated carbocycles. The molecule has 1 aliphatic carbocycles.